The number of aliphatic imine (C=N–C) groups is 1. The number of sulfone groups is 1. The Hall–Kier alpha value is 0.300. The highest BCUT2D eigenvalue weighted by Gasteiger charge is 2.28. The molecule has 0 aliphatic carbocycles. The first-order valence-electron chi connectivity index (χ1n) is 7.31. The van der Waals surface area contributed by atoms with E-state index in [1.807, 2.05) is 11.8 Å². The summed E-state index contributed by atoms with van der Waals surface area (Å²) in [6.07, 6.45) is 1.96. The Kier molecular flexibility index (Phi) is 8.11. The van der Waals surface area contributed by atoms with Gasteiger partial charge in [0, 0.05) is 37.7 Å². The van der Waals surface area contributed by atoms with Crippen LogP contribution >= 0.6 is 35.7 Å². The molecule has 0 bridgehead atoms. The van der Waals surface area contributed by atoms with E-state index in [0.29, 0.717) is 23.3 Å². The molecule has 0 radical (unpaired) electrons. The van der Waals surface area contributed by atoms with Crippen LogP contribution < -0.4 is 5.32 Å². The van der Waals surface area contributed by atoms with Crippen molar-refractivity contribution in [2.75, 3.05) is 43.9 Å². The van der Waals surface area contributed by atoms with Crippen molar-refractivity contribution in [3.05, 3.63) is 0 Å². The fourth-order valence-electron chi connectivity index (χ4n) is 2.76. The molecule has 1 N–H and O–H groups in total. The van der Waals surface area contributed by atoms with Gasteiger partial charge in [0.15, 0.2) is 15.8 Å². The van der Waals surface area contributed by atoms with Gasteiger partial charge >= 0.3 is 0 Å². The van der Waals surface area contributed by atoms with Gasteiger partial charge in [0.25, 0.3) is 0 Å². The summed E-state index contributed by atoms with van der Waals surface area (Å²) in [7, 11) is -0.982. The van der Waals surface area contributed by atoms with E-state index < -0.39 is 9.84 Å². The van der Waals surface area contributed by atoms with Gasteiger partial charge in [0.1, 0.15) is 0 Å². The Balaban J connectivity index is 0.00000220. The summed E-state index contributed by atoms with van der Waals surface area (Å²) in [6.45, 7) is 4.99. The lowest BCUT2D eigenvalue weighted by molar-refractivity contribution is 0.403. The lowest BCUT2D eigenvalue weighted by Crippen LogP contribution is -2.49. The second kappa shape index (κ2) is 8.81. The number of guanidine groups is 1. The van der Waals surface area contributed by atoms with Crippen LogP contribution in [-0.4, -0.2) is 68.5 Å². The molecule has 2 saturated heterocycles. The van der Waals surface area contributed by atoms with E-state index >= 15 is 0 Å². The Bertz CT molecular complexity index is 456. The van der Waals surface area contributed by atoms with Gasteiger partial charge in [0.2, 0.25) is 0 Å². The summed E-state index contributed by atoms with van der Waals surface area (Å²) in [6, 6.07) is 0. The van der Waals surface area contributed by atoms with Crippen molar-refractivity contribution in [2.45, 2.75) is 25.0 Å². The molecule has 8 heteroatoms. The van der Waals surface area contributed by atoms with E-state index in [-0.39, 0.29) is 29.9 Å². The van der Waals surface area contributed by atoms with Crippen molar-refractivity contribution >= 4 is 51.5 Å². The fraction of sp³-hybridized carbons (Fsp3) is 0.923. The summed E-state index contributed by atoms with van der Waals surface area (Å²) in [5, 5.41) is 4.04. The number of hydrogen-bond acceptors (Lipinski definition) is 4. The van der Waals surface area contributed by atoms with E-state index in [1.54, 1.807) is 7.05 Å². The number of nitrogens with one attached hydrogen (secondary N) is 1. The summed E-state index contributed by atoms with van der Waals surface area (Å²) >= 11 is 2.03. The van der Waals surface area contributed by atoms with Crippen LogP contribution in [-0.2, 0) is 9.84 Å². The third-order valence-corrected chi connectivity index (χ3v) is 7.19. The highest BCUT2D eigenvalue weighted by Crippen LogP contribution is 2.21. The molecule has 2 fully saturated rings. The first kappa shape index (κ1) is 19.3. The molecule has 5 nitrogen and oxygen atoms in total. The predicted molar refractivity (Wildman–Crippen MR) is 102 cm³/mol. The topological polar surface area (TPSA) is 61.8 Å². The maximum atomic E-state index is 11.5. The molecule has 0 aromatic heterocycles. The Labute approximate surface area is 149 Å². The smallest absolute Gasteiger partial charge is 0.193 e. The van der Waals surface area contributed by atoms with Crippen molar-refractivity contribution in [1.29, 1.82) is 0 Å². The zero-order valence-corrected chi connectivity index (χ0v) is 16.7. The minimum Gasteiger partial charge on any atom is -0.356 e. The van der Waals surface area contributed by atoms with Crippen LogP contribution in [0.15, 0.2) is 4.99 Å². The quantitative estimate of drug-likeness (QED) is 0.403. The number of rotatable bonds is 3. The lowest BCUT2D eigenvalue weighted by atomic mass is 10.1. The van der Waals surface area contributed by atoms with Crippen molar-refractivity contribution in [3.8, 4) is 0 Å². The Morgan fingerprint density at radius 3 is 2.81 bits per heavy atom. The van der Waals surface area contributed by atoms with Gasteiger partial charge in [0.05, 0.1) is 11.5 Å². The van der Waals surface area contributed by atoms with Crippen LogP contribution in [0.4, 0.5) is 0 Å². The zero-order valence-electron chi connectivity index (χ0n) is 12.7. The van der Waals surface area contributed by atoms with Crippen LogP contribution in [0.5, 0.6) is 0 Å². The third kappa shape index (κ3) is 5.78. The fourth-order valence-corrected chi connectivity index (χ4v) is 5.80. The molecule has 21 heavy (non-hydrogen) atoms. The van der Waals surface area contributed by atoms with Crippen molar-refractivity contribution in [2.24, 2.45) is 10.9 Å². The van der Waals surface area contributed by atoms with Gasteiger partial charge in [-0.2, -0.15) is 11.8 Å². The summed E-state index contributed by atoms with van der Waals surface area (Å²) in [5.41, 5.74) is 0. The second-order valence-electron chi connectivity index (χ2n) is 5.54. The van der Waals surface area contributed by atoms with Crippen molar-refractivity contribution < 1.29 is 8.42 Å². The monoisotopic (exact) mass is 447 g/mol. The molecule has 0 amide bonds. The molecule has 2 aliphatic heterocycles. The molecule has 0 aromatic carbocycles. The van der Waals surface area contributed by atoms with Crippen molar-refractivity contribution in [1.82, 2.24) is 10.2 Å². The number of thioether (sulfide) groups is 1. The van der Waals surface area contributed by atoms with Gasteiger partial charge in [-0.3, -0.25) is 4.99 Å². The largest absolute Gasteiger partial charge is 0.356 e. The van der Waals surface area contributed by atoms with Gasteiger partial charge < -0.3 is 10.2 Å². The standard InChI is InChI=1S/C13H25N3O2S2.HI/c1-3-12-9-16(5-6-19-12)13(14-2)15-8-11-4-7-20(17,18)10-11;/h11-12H,3-10H2,1-2H3,(H,14,15);1H. The normalized spacial score (nSPS) is 29.0. The average Bonchev–Trinajstić information content (AvgIpc) is 2.79. The highest BCUT2D eigenvalue weighted by atomic mass is 127. The Morgan fingerprint density at radius 1 is 1.48 bits per heavy atom. The molecule has 2 unspecified atom stereocenters. The molecule has 0 spiro atoms. The van der Waals surface area contributed by atoms with E-state index in [4.69, 9.17) is 0 Å². The van der Waals surface area contributed by atoms with Crippen LogP contribution in [0.2, 0.25) is 0 Å². The molecule has 124 valence electrons. The molecular formula is C13H26IN3O2S2. The van der Waals surface area contributed by atoms with E-state index in [2.05, 4.69) is 22.1 Å². The van der Waals surface area contributed by atoms with Crippen LogP contribution in [0.1, 0.15) is 19.8 Å². The van der Waals surface area contributed by atoms with E-state index in [1.165, 1.54) is 6.42 Å². The molecule has 2 heterocycles. The lowest BCUT2D eigenvalue weighted by Gasteiger charge is -2.34. The SMILES string of the molecule is CCC1CN(C(=NC)NCC2CCS(=O)(=O)C2)CCS1.I. The van der Waals surface area contributed by atoms with Crippen LogP contribution in [0.3, 0.4) is 0 Å². The van der Waals surface area contributed by atoms with Gasteiger partial charge in [-0.05, 0) is 18.8 Å². The number of hydrogen-bond donors (Lipinski definition) is 1. The summed E-state index contributed by atoms with van der Waals surface area (Å²) < 4.78 is 22.9. The van der Waals surface area contributed by atoms with E-state index in [0.717, 1.165) is 31.2 Å². The minimum absolute atomic E-state index is 0. The maximum Gasteiger partial charge on any atom is 0.193 e. The van der Waals surface area contributed by atoms with Gasteiger partial charge in [-0.25, -0.2) is 8.42 Å². The highest BCUT2D eigenvalue weighted by molar-refractivity contribution is 14.0. The van der Waals surface area contributed by atoms with Crippen molar-refractivity contribution in [3.63, 3.8) is 0 Å². The van der Waals surface area contributed by atoms with Gasteiger partial charge in [-0.1, -0.05) is 6.92 Å². The summed E-state index contributed by atoms with van der Waals surface area (Å²) in [4.78, 5) is 6.65. The number of halogens is 1. The molecule has 2 aliphatic rings. The molecule has 0 aromatic rings. The third-order valence-electron chi connectivity index (χ3n) is 3.98. The second-order valence-corrected chi connectivity index (χ2v) is 9.18. The minimum atomic E-state index is -2.78. The average molecular weight is 447 g/mol. The maximum absolute atomic E-state index is 11.5. The van der Waals surface area contributed by atoms with Crippen LogP contribution in [0.25, 0.3) is 0 Å². The first-order chi connectivity index (χ1) is 9.54. The van der Waals surface area contributed by atoms with E-state index in [9.17, 15) is 8.42 Å². The summed E-state index contributed by atoms with van der Waals surface area (Å²) in [5.74, 6) is 2.96. The molecular weight excluding hydrogens is 421 g/mol. The van der Waals surface area contributed by atoms with Crippen LogP contribution in [0, 0.1) is 5.92 Å². The Morgan fingerprint density at radius 2 is 2.24 bits per heavy atom. The molecule has 2 rings (SSSR count). The van der Waals surface area contributed by atoms with Gasteiger partial charge in [-0.15, -0.1) is 24.0 Å². The number of nitrogens with zero attached hydrogens (tertiary/aromatic N) is 2. The molecule has 0 saturated carbocycles. The predicted octanol–water partition coefficient (Wildman–Crippen LogP) is 1.44. The zero-order chi connectivity index (χ0) is 14.6. The first-order valence-corrected chi connectivity index (χ1v) is 10.2. The molecule has 2 atom stereocenters.